The Bertz CT molecular complexity index is 347. The lowest BCUT2D eigenvalue weighted by Gasteiger charge is -2.08. The number of hydrogen-bond donors (Lipinski definition) is 0. The monoisotopic (exact) mass is 270 g/mol. The summed E-state index contributed by atoms with van der Waals surface area (Å²) in [4.78, 5) is 11.0. The summed E-state index contributed by atoms with van der Waals surface area (Å²) in [5.74, 6) is -0.253. The van der Waals surface area contributed by atoms with E-state index in [1.807, 2.05) is 0 Å². The number of hydrogen-bond acceptors (Lipinski definition) is 5. The van der Waals surface area contributed by atoms with Gasteiger partial charge in [0, 0.05) is 28.6 Å². The summed E-state index contributed by atoms with van der Waals surface area (Å²) >= 11 is 0. The Kier molecular flexibility index (Phi) is 6.82. The molecule has 5 nitrogen and oxygen atoms in total. The van der Waals surface area contributed by atoms with E-state index in [1.54, 1.807) is 6.92 Å². The summed E-state index contributed by atoms with van der Waals surface area (Å²) in [7, 11) is -2.88. The molecule has 2 atom stereocenters. The van der Waals surface area contributed by atoms with Crippen LogP contribution in [0, 0.1) is 5.92 Å². The van der Waals surface area contributed by atoms with Crippen molar-refractivity contribution >= 4 is 26.6 Å². The maximum absolute atomic E-state index is 11.5. The number of sulfone groups is 1. The minimum absolute atomic E-state index is 0.0331. The van der Waals surface area contributed by atoms with Gasteiger partial charge < -0.3 is 4.74 Å². The molecule has 0 rings (SSSR count). The van der Waals surface area contributed by atoms with Crippen LogP contribution in [-0.2, 0) is 30.2 Å². The SMILES string of the molecule is COC(=O)C(C)CS(=O)CCCS(C)(=O)=O. The Hall–Kier alpha value is -0.430. The van der Waals surface area contributed by atoms with Crippen molar-refractivity contribution in [3.63, 3.8) is 0 Å². The number of ether oxygens (including phenoxy) is 1. The van der Waals surface area contributed by atoms with Crippen molar-refractivity contribution in [3.8, 4) is 0 Å². The highest BCUT2D eigenvalue weighted by atomic mass is 32.2. The standard InChI is InChI=1S/C9H18O5S2/c1-8(9(10)14-2)7-15(11)5-4-6-16(3,12)13/h8H,4-7H2,1-3H3. The predicted octanol–water partition coefficient (Wildman–Crippen LogP) is -0.0211. The Morgan fingerprint density at radius 1 is 1.44 bits per heavy atom. The summed E-state index contributed by atoms with van der Waals surface area (Å²) in [6.45, 7) is 1.64. The highest BCUT2D eigenvalue weighted by Crippen LogP contribution is 2.02. The van der Waals surface area contributed by atoms with Gasteiger partial charge in [-0.2, -0.15) is 0 Å². The van der Waals surface area contributed by atoms with E-state index in [9.17, 15) is 17.4 Å². The Labute approximate surface area is 98.9 Å². The lowest BCUT2D eigenvalue weighted by atomic mass is 10.2. The van der Waals surface area contributed by atoms with E-state index in [0.717, 1.165) is 6.26 Å². The van der Waals surface area contributed by atoms with Crippen LogP contribution in [0.15, 0.2) is 0 Å². The highest BCUT2D eigenvalue weighted by Gasteiger charge is 2.16. The molecule has 0 aromatic carbocycles. The van der Waals surface area contributed by atoms with E-state index in [2.05, 4.69) is 4.74 Å². The van der Waals surface area contributed by atoms with Gasteiger partial charge in [0.05, 0.1) is 18.8 Å². The fourth-order valence-corrected chi connectivity index (χ4v) is 3.29. The fourth-order valence-electron chi connectivity index (χ4n) is 1.11. The van der Waals surface area contributed by atoms with Crippen LogP contribution in [-0.4, -0.2) is 49.2 Å². The number of carbonyl (C=O) groups excluding carboxylic acids is 1. The average molecular weight is 270 g/mol. The Morgan fingerprint density at radius 3 is 2.44 bits per heavy atom. The maximum atomic E-state index is 11.5. The molecule has 0 saturated heterocycles. The van der Waals surface area contributed by atoms with Crippen molar-refractivity contribution in [1.29, 1.82) is 0 Å². The first-order valence-corrected chi connectivity index (χ1v) is 8.41. The molecule has 0 spiro atoms. The Balaban J connectivity index is 3.88. The van der Waals surface area contributed by atoms with Gasteiger partial charge in [-0.05, 0) is 6.42 Å². The van der Waals surface area contributed by atoms with E-state index in [1.165, 1.54) is 7.11 Å². The van der Waals surface area contributed by atoms with Gasteiger partial charge in [0.25, 0.3) is 0 Å². The molecule has 0 fully saturated rings. The van der Waals surface area contributed by atoms with Crippen LogP contribution < -0.4 is 0 Å². The maximum Gasteiger partial charge on any atom is 0.309 e. The van der Waals surface area contributed by atoms with Crippen molar-refractivity contribution in [1.82, 2.24) is 0 Å². The Morgan fingerprint density at radius 2 is 2.00 bits per heavy atom. The van der Waals surface area contributed by atoms with Crippen LogP contribution >= 0.6 is 0 Å². The van der Waals surface area contributed by atoms with Crippen LogP contribution in [0.4, 0.5) is 0 Å². The summed E-state index contributed by atoms with van der Waals surface area (Å²) in [6, 6.07) is 0. The molecule has 2 unspecified atom stereocenters. The molecule has 7 heteroatoms. The van der Waals surface area contributed by atoms with Crippen LogP contribution in [0.5, 0.6) is 0 Å². The van der Waals surface area contributed by atoms with Crippen molar-refractivity contribution in [2.45, 2.75) is 13.3 Å². The smallest absolute Gasteiger partial charge is 0.309 e. The third kappa shape index (κ3) is 7.81. The van der Waals surface area contributed by atoms with Gasteiger partial charge in [0.2, 0.25) is 0 Å². The van der Waals surface area contributed by atoms with Gasteiger partial charge in [0.15, 0.2) is 0 Å². The molecule has 0 amide bonds. The second-order valence-electron chi connectivity index (χ2n) is 3.72. The summed E-state index contributed by atoms with van der Waals surface area (Å²) in [5, 5.41) is 0. The predicted molar refractivity (Wildman–Crippen MR) is 63.4 cm³/mol. The van der Waals surface area contributed by atoms with Crippen LogP contribution in [0.3, 0.4) is 0 Å². The minimum Gasteiger partial charge on any atom is -0.469 e. The molecule has 0 radical (unpaired) electrons. The van der Waals surface area contributed by atoms with E-state index in [0.29, 0.717) is 12.2 Å². The summed E-state index contributed by atoms with van der Waals surface area (Å²) < 4.78 is 37.6. The van der Waals surface area contributed by atoms with Crippen LogP contribution in [0.1, 0.15) is 13.3 Å². The molecule has 0 aliphatic heterocycles. The lowest BCUT2D eigenvalue weighted by Crippen LogP contribution is -2.21. The second-order valence-corrected chi connectivity index (χ2v) is 7.60. The number of carbonyl (C=O) groups is 1. The van der Waals surface area contributed by atoms with Gasteiger partial charge in [-0.3, -0.25) is 9.00 Å². The lowest BCUT2D eigenvalue weighted by molar-refractivity contribution is -0.144. The third-order valence-electron chi connectivity index (χ3n) is 1.93. The fraction of sp³-hybridized carbons (Fsp3) is 0.889. The zero-order chi connectivity index (χ0) is 12.8. The van der Waals surface area contributed by atoms with Gasteiger partial charge in [-0.1, -0.05) is 6.92 Å². The van der Waals surface area contributed by atoms with E-state index in [4.69, 9.17) is 0 Å². The van der Waals surface area contributed by atoms with Gasteiger partial charge in [-0.15, -0.1) is 0 Å². The molecule has 0 N–H and O–H groups in total. The molecular formula is C9H18O5S2. The van der Waals surface area contributed by atoms with E-state index < -0.39 is 32.5 Å². The highest BCUT2D eigenvalue weighted by molar-refractivity contribution is 7.90. The molecule has 16 heavy (non-hydrogen) atoms. The second kappa shape index (κ2) is 7.01. The average Bonchev–Trinajstić information content (AvgIpc) is 2.14. The van der Waals surface area contributed by atoms with Gasteiger partial charge in [0.1, 0.15) is 9.84 Å². The first kappa shape index (κ1) is 15.6. The van der Waals surface area contributed by atoms with Crippen molar-refractivity contribution in [2.24, 2.45) is 5.92 Å². The number of esters is 1. The van der Waals surface area contributed by atoms with Gasteiger partial charge in [-0.25, -0.2) is 8.42 Å². The molecule has 0 heterocycles. The summed E-state index contributed by atoms with van der Waals surface area (Å²) in [5.41, 5.74) is 0. The van der Waals surface area contributed by atoms with Crippen molar-refractivity contribution in [2.75, 3.05) is 30.6 Å². The van der Waals surface area contributed by atoms with E-state index >= 15 is 0 Å². The number of rotatable bonds is 7. The largest absolute Gasteiger partial charge is 0.469 e. The molecule has 0 saturated carbocycles. The number of methoxy groups -OCH3 is 1. The van der Waals surface area contributed by atoms with Crippen LogP contribution in [0.25, 0.3) is 0 Å². The first-order chi connectivity index (χ1) is 7.26. The van der Waals surface area contributed by atoms with Crippen molar-refractivity contribution in [3.05, 3.63) is 0 Å². The topological polar surface area (TPSA) is 77.5 Å². The van der Waals surface area contributed by atoms with E-state index in [-0.39, 0.29) is 11.5 Å². The molecule has 0 bridgehead atoms. The summed E-state index contributed by atoms with van der Waals surface area (Å²) in [6.07, 6.45) is 1.51. The zero-order valence-electron chi connectivity index (χ0n) is 9.76. The molecular weight excluding hydrogens is 252 g/mol. The molecule has 96 valence electrons. The quantitative estimate of drug-likeness (QED) is 0.608. The first-order valence-electron chi connectivity index (χ1n) is 4.87. The molecule has 0 aliphatic rings. The van der Waals surface area contributed by atoms with Gasteiger partial charge >= 0.3 is 5.97 Å². The van der Waals surface area contributed by atoms with Crippen LogP contribution in [0.2, 0.25) is 0 Å². The minimum atomic E-state index is -3.00. The molecule has 0 aromatic heterocycles. The zero-order valence-corrected chi connectivity index (χ0v) is 11.4. The third-order valence-corrected chi connectivity index (χ3v) is 4.57. The normalized spacial score (nSPS) is 15.4. The van der Waals surface area contributed by atoms with Crippen molar-refractivity contribution < 1.29 is 22.2 Å². The molecule has 0 aliphatic carbocycles. The molecule has 0 aromatic rings.